The van der Waals surface area contributed by atoms with E-state index in [1.807, 2.05) is 37.3 Å². The molecule has 29 heavy (non-hydrogen) atoms. The van der Waals surface area contributed by atoms with Crippen LogP contribution in [-0.4, -0.2) is 4.92 Å². The van der Waals surface area contributed by atoms with Crippen molar-refractivity contribution >= 4 is 16.7 Å². The standard InChI is InChI=1S/C23H17NO5/c1-15-6-10-17(11-7-15)22-23(21(25)19-4-2-3-5-20(19)29-22)28-14-16-8-12-18(13-9-16)24(26)27/h2-13H,14H2,1H3. The molecule has 0 saturated heterocycles. The van der Waals surface area contributed by atoms with Crippen molar-refractivity contribution in [2.45, 2.75) is 13.5 Å². The van der Waals surface area contributed by atoms with Gasteiger partial charge in [0.1, 0.15) is 12.2 Å². The quantitative estimate of drug-likeness (QED) is 0.345. The Labute approximate surface area is 166 Å². The van der Waals surface area contributed by atoms with Crippen molar-refractivity contribution in [1.29, 1.82) is 0 Å². The lowest BCUT2D eigenvalue weighted by Crippen LogP contribution is -2.10. The van der Waals surface area contributed by atoms with Crippen LogP contribution in [0.25, 0.3) is 22.3 Å². The topological polar surface area (TPSA) is 82.6 Å². The van der Waals surface area contributed by atoms with Crippen LogP contribution in [0.15, 0.2) is 82.0 Å². The smallest absolute Gasteiger partial charge is 0.269 e. The number of aryl methyl sites for hydroxylation is 1. The lowest BCUT2D eigenvalue weighted by Gasteiger charge is -2.12. The third-order valence-corrected chi connectivity index (χ3v) is 4.60. The molecule has 0 atom stereocenters. The molecule has 0 spiro atoms. The molecule has 3 aromatic carbocycles. The summed E-state index contributed by atoms with van der Waals surface area (Å²) in [4.78, 5) is 23.4. The van der Waals surface area contributed by atoms with Gasteiger partial charge in [-0.15, -0.1) is 0 Å². The van der Waals surface area contributed by atoms with Gasteiger partial charge in [0.2, 0.25) is 11.2 Å². The van der Waals surface area contributed by atoms with Crippen LogP contribution in [0.5, 0.6) is 5.75 Å². The number of nitro benzene ring substituents is 1. The van der Waals surface area contributed by atoms with Gasteiger partial charge in [-0.25, -0.2) is 0 Å². The van der Waals surface area contributed by atoms with Crippen molar-refractivity contribution in [2.75, 3.05) is 0 Å². The lowest BCUT2D eigenvalue weighted by molar-refractivity contribution is -0.384. The van der Waals surface area contributed by atoms with Gasteiger partial charge in [-0.05, 0) is 36.8 Å². The Morgan fingerprint density at radius 3 is 2.34 bits per heavy atom. The molecule has 0 aliphatic carbocycles. The van der Waals surface area contributed by atoms with Gasteiger partial charge in [-0.2, -0.15) is 0 Å². The minimum Gasteiger partial charge on any atom is -0.481 e. The maximum atomic E-state index is 13.1. The molecule has 6 heteroatoms. The fourth-order valence-corrected chi connectivity index (χ4v) is 3.02. The van der Waals surface area contributed by atoms with Gasteiger partial charge in [-0.3, -0.25) is 14.9 Å². The molecule has 6 nitrogen and oxygen atoms in total. The van der Waals surface area contributed by atoms with E-state index in [4.69, 9.17) is 9.15 Å². The summed E-state index contributed by atoms with van der Waals surface area (Å²) in [7, 11) is 0. The summed E-state index contributed by atoms with van der Waals surface area (Å²) in [6.45, 7) is 2.06. The highest BCUT2D eigenvalue weighted by Gasteiger charge is 2.18. The molecule has 4 rings (SSSR count). The largest absolute Gasteiger partial charge is 0.481 e. The highest BCUT2D eigenvalue weighted by Crippen LogP contribution is 2.31. The monoisotopic (exact) mass is 387 g/mol. The molecular weight excluding hydrogens is 370 g/mol. The minimum atomic E-state index is -0.460. The third-order valence-electron chi connectivity index (χ3n) is 4.60. The second-order valence-corrected chi connectivity index (χ2v) is 6.66. The normalized spacial score (nSPS) is 10.8. The molecule has 144 valence electrons. The first-order valence-corrected chi connectivity index (χ1v) is 9.02. The zero-order chi connectivity index (χ0) is 20.4. The average molecular weight is 387 g/mol. The first kappa shape index (κ1) is 18.4. The Bertz CT molecular complexity index is 1240. The van der Waals surface area contributed by atoms with Crippen LogP contribution in [0.2, 0.25) is 0 Å². The van der Waals surface area contributed by atoms with E-state index in [2.05, 4.69) is 0 Å². The fraction of sp³-hybridized carbons (Fsp3) is 0.0870. The van der Waals surface area contributed by atoms with Crippen molar-refractivity contribution in [2.24, 2.45) is 0 Å². The van der Waals surface area contributed by atoms with E-state index in [0.717, 1.165) is 11.1 Å². The number of non-ortho nitro benzene ring substituents is 1. The van der Waals surface area contributed by atoms with E-state index < -0.39 is 4.92 Å². The lowest BCUT2D eigenvalue weighted by atomic mass is 10.1. The fourth-order valence-electron chi connectivity index (χ4n) is 3.02. The second kappa shape index (κ2) is 7.59. The Hall–Kier alpha value is -3.93. The van der Waals surface area contributed by atoms with Crippen molar-refractivity contribution in [1.82, 2.24) is 0 Å². The number of nitrogens with zero attached hydrogens (tertiary/aromatic N) is 1. The van der Waals surface area contributed by atoms with Gasteiger partial charge in [0.25, 0.3) is 5.69 Å². The van der Waals surface area contributed by atoms with Crippen LogP contribution in [0.4, 0.5) is 5.69 Å². The third kappa shape index (κ3) is 3.73. The molecule has 0 bridgehead atoms. The molecule has 0 amide bonds. The van der Waals surface area contributed by atoms with Gasteiger partial charge in [0, 0.05) is 17.7 Å². The number of nitro groups is 1. The number of hydrogen-bond acceptors (Lipinski definition) is 5. The summed E-state index contributed by atoms with van der Waals surface area (Å²) in [5.74, 6) is 0.474. The summed E-state index contributed by atoms with van der Waals surface area (Å²) < 4.78 is 11.9. The number of hydrogen-bond donors (Lipinski definition) is 0. The predicted octanol–water partition coefficient (Wildman–Crippen LogP) is 5.26. The summed E-state index contributed by atoms with van der Waals surface area (Å²) in [5, 5.41) is 11.2. The van der Waals surface area contributed by atoms with Crippen LogP contribution >= 0.6 is 0 Å². The van der Waals surface area contributed by atoms with Crippen LogP contribution < -0.4 is 10.2 Å². The molecule has 0 radical (unpaired) electrons. The number of fused-ring (bicyclic) bond motifs is 1. The van der Waals surface area contributed by atoms with Gasteiger partial charge in [0.05, 0.1) is 10.3 Å². The molecule has 0 N–H and O–H groups in total. The van der Waals surface area contributed by atoms with Gasteiger partial charge in [-0.1, -0.05) is 42.0 Å². The maximum absolute atomic E-state index is 13.1. The zero-order valence-corrected chi connectivity index (χ0v) is 15.6. The molecular formula is C23H17NO5. The second-order valence-electron chi connectivity index (χ2n) is 6.66. The molecule has 0 aliphatic heterocycles. The molecule has 1 aromatic heterocycles. The maximum Gasteiger partial charge on any atom is 0.269 e. The Kier molecular flexibility index (Phi) is 4.83. The molecule has 0 unspecified atom stereocenters. The predicted molar refractivity (Wildman–Crippen MR) is 110 cm³/mol. The Balaban J connectivity index is 1.76. The highest BCUT2D eigenvalue weighted by molar-refractivity contribution is 5.81. The minimum absolute atomic E-state index is 0.000636. The summed E-state index contributed by atoms with van der Waals surface area (Å²) >= 11 is 0. The molecule has 4 aromatic rings. The highest BCUT2D eigenvalue weighted by atomic mass is 16.6. The van der Waals surface area contributed by atoms with Crippen molar-refractivity contribution in [3.05, 3.63) is 104 Å². The first-order chi connectivity index (χ1) is 14.0. The van der Waals surface area contributed by atoms with Gasteiger partial charge in [0.15, 0.2) is 5.76 Å². The molecule has 0 aliphatic rings. The number of para-hydroxylation sites is 1. The van der Waals surface area contributed by atoms with Crippen LogP contribution in [-0.2, 0) is 6.61 Å². The molecule has 0 fully saturated rings. The molecule has 1 heterocycles. The van der Waals surface area contributed by atoms with Crippen LogP contribution in [0.1, 0.15) is 11.1 Å². The summed E-state index contributed by atoms with van der Waals surface area (Å²) in [6, 6.07) is 20.7. The van der Waals surface area contributed by atoms with Crippen LogP contribution in [0.3, 0.4) is 0 Å². The van der Waals surface area contributed by atoms with E-state index in [-0.39, 0.29) is 23.5 Å². The van der Waals surface area contributed by atoms with E-state index >= 15 is 0 Å². The van der Waals surface area contributed by atoms with Gasteiger partial charge < -0.3 is 9.15 Å². The van der Waals surface area contributed by atoms with E-state index in [9.17, 15) is 14.9 Å². The summed E-state index contributed by atoms with van der Waals surface area (Å²) in [5.41, 5.74) is 2.75. The SMILES string of the molecule is Cc1ccc(-c2oc3ccccc3c(=O)c2OCc2ccc([N+](=O)[O-])cc2)cc1. The van der Waals surface area contributed by atoms with Crippen LogP contribution in [0, 0.1) is 17.0 Å². The average Bonchev–Trinajstić information content (AvgIpc) is 2.74. The Morgan fingerprint density at radius 2 is 1.66 bits per heavy atom. The number of benzene rings is 3. The van der Waals surface area contributed by atoms with E-state index in [1.165, 1.54) is 12.1 Å². The zero-order valence-electron chi connectivity index (χ0n) is 15.6. The summed E-state index contributed by atoms with van der Waals surface area (Å²) in [6.07, 6.45) is 0. The Morgan fingerprint density at radius 1 is 0.966 bits per heavy atom. The van der Waals surface area contributed by atoms with Crippen molar-refractivity contribution in [3.63, 3.8) is 0 Å². The van der Waals surface area contributed by atoms with Crippen molar-refractivity contribution in [3.8, 4) is 17.1 Å². The first-order valence-electron chi connectivity index (χ1n) is 9.02. The number of ether oxygens (including phenoxy) is 1. The molecule has 0 saturated carbocycles. The van der Waals surface area contributed by atoms with Crippen molar-refractivity contribution < 1.29 is 14.1 Å². The number of rotatable bonds is 5. The van der Waals surface area contributed by atoms with E-state index in [1.54, 1.807) is 30.3 Å². The van der Waals surface area contributed by atoms with E-state index in [0.29, 0.717) is 22.3 Å². The van der Waals surface area contributed by atoms with Gasteiger partial charge >= 0.3 is 0 Å².